The van der Waals surface area contributed by atoms with Gasteiger partial charge in [0.05, 0.1) is 26.4 Å². The van der Waals surface area contributed by atoms with Crippen LogP contribution < -0.4 is 0 Å². The molecule has 4 nitrogen and oxygen atoms in total. The van der Waals surface area contributed by atoms with E-state index in [0.717, 1.165) is 65.3 Å². The predicted octanol–water partition coefficient (Wildman–Crippen LogP) is 4.71. The van der Waals surface area contributed by atoms with E-state index in [-0.39, 0.29) is 5.41 Å². The van der Waals surface area contributed by atoms with Crippen LogP contribution in [-0.2, 0) is 37.2 Å². The molecule has 2 fully saturated rings. The summed E-state index contributed by atoms with van der Waals surface area (Å²) in [5.74, 6) is 0. The van der Waals surface area contributed by atoms with Gasteiger partial charge in [0.2, 0.25) is 0 Å². The highest BCUT2D eigenvalue weighted by Crippen LogP contribution is 2.32. The molecule has 168 valence electrons. The average molecular weight is 425 g/mol. The fraction of sp³-hybridized carbons (Fsp3) is 0.556. The lowest BCUT2D eigenvalue weighted by Crippen LogP contribution is -2.18. The van der Waals surface area contributed by atoms with E-state index >= 15 is 0 Å². The van der Waals surface area contributed by atoms with Crippen molar-refractivity contribution in [2.45, 2.75) is 57.2 Å². The maximum Gasteiger partial charge on any atom is 0.104 e. The van der Waals surface area contributed by atoms with Crippen LogP contribution in [-0.4, -0.2) is 51.8 Å². The minimum absolute atomic E-state index is 0.0161. The van der Waals surface area contributed by atoms with Crippen LogP contribution in [0.3, 0.4) is 0 Å². The summed E-state index contributed by atoms with van der Waals surface area (Å²) in [5.41, 5.74) is 5.43. The molecule has 2 aliphatic heterocycles. The minimum atomic E-state index is -0.0161. The van der Waals surface area contributed by atoms with Crippen molar-refractivity contribution in [3.05, 3.63) is 70.8 Å². The first kappa shape index (κ1) is 22.5. The lowest BCUT2D eigenvalue weighted by atomic mass is 9.77. The molecule has 2 unspecified atom stereocenters. The first-order valence-corrected chi connectivity index (χ1v) is 11.7. The summed E-state index contributed by atoms with van der Waals surface area (Å²) < 4.78 is 21.6. The van der Waals surface area contributed by atoms with Gasteiger partial charge in [-0.2, -0.15) is 0 Å². The molecule has 2 aliphatic rings. The molecule has 2 atom stereocenters. The Balaban J connectivity index is 1.22. The Morgan fingerprint density at radius 1 is 0.710 bits per heavy atom. The van der Waals surface area contributed by atoms with E-state index in [1.165, 1.54) is 22.3 Å². The van der Waals surface area contributed by atoms with E-state index < -0.39 is 0 Å². The smallest absolute Gasteiger partial charge is 0.104 e. The van der Waals surface area contributed by atoms with Crippen LogP contribution in [0, 0.1) is 0 Å². The van der Waals surface area contributed by atoms with Gasteiger partial charge in [0.15, 0.2) is 0 Å². The van der Waals surface area contributed by atoms with Crippen LogP contribution in [0.25, 0.3) is 0 Å². The van der Waals surface area contributed by atoms with Crippen molar-refractivity contribution in [2.75, 3.05) is 39.6 Å². The van der Waals surface area contributed by atoms with Gasteiger partial charge < -0.3 is 18.9 Å². The number of hydrogen-bond acceptors (Lipinski definition) is 4. The van der Waals surface area contributed by atoms with Gasteiger partial charge in [0.25, 0.3) is 0 Å². The lowest BCUT2D eigenvalue weighted by molar-refractivity contribution is 0.114. The summed E-state index contributed by atoms with van der Waals surface area (Å²) in [4.78, 5) is 0. The number of aryl methyl sites for hydroxylation is 2. The number of epoxide rings is 2. The Labute approximate surface area is 186 Å². The highest BCUT2D eigenvalue weighted by Gasteiger charge is 2.24. The molecule has 0 radical (unpaired) electrons. The SMILES string of the molecule is CC(C)(c1ccc(CCCOCC2CO2)cc1)c1ccc(CCCOCC2CO2)cc1. The molecule has 0 spiro atoms. The fourth-order valence-electron chi connectivity index (χ4n) is 3.86. The summed E-state index contributed by atoms with van der Waals surface area (Å²) >= 11 is 0. The quantitative estimate of drug-likeness (QED) is 0.325. The molecular formula is C27H36O4. The van der Waals surface area contributed by atoms with Crippen molar-refractivity contribution in [3.8, 4) is 0 Å². The highest BCUT2D eigenvalue weighted by molar-refractivity contribution is 5.39. The Morgan fingerprint density at radius 3 is 1.45 bits per heavy atom. The summed E-state index contributed by atoms with van der Waals surface area (Å²) in [6.07, 6.45) is 4.93. The molecule has 0 saturated carbocycles. The minimum Gasteiger partial charge on any atom is -0.379 e. The van der Waals surface area contributed by atoms with Crippen molar-refractivity contribution < 1.29 is 18.9 Å². The molecule has 0 aliphatic carbocycles. The van der Waals surface area contributed by atoms with Crippen molar-refractivity contribution in [1.29, 1.82) is 0 Å². The van der Waals surface area contributed by atoms with E-state index in [2.05, 4.69) is 62.4 Å². The Hall–Kier alpha value is -1.72. The summed E-state index contributed by atoms with van der Waals surface area (Å²) in [6, 6.07) is 18.2. The molecule has 31 heavy (non-hydrogen) atoms. The molecule has 0 N–H and O–H groups in total. The van der Waals surface area contributed by atoms with Gasteiger partial charge in [-0.25, -0.2) is 0 Å². The van der Waals surface area contributed by atoms with Crippen LogP contribution >= 0.6 is 0 Å². The van der Waals surface area contributed by atoms with Crippen molar-refractivity contribution in [1.82, 2.24) is 0 Å². The van der Waals surface area contributed by atoms with Crippen LogP contribution in [0.1, 0.15) is 48.9 Å². The lowest BCUT2D eigenvalue weighted by Gasteiger charge is -2.26. The molecule has 0 amide bonds. The third kappa shape index (κ3) is 7.15. The maximum atomic E-state index is 5.64. The van der Waals surface area contributed by atoms with Gasteiger partial charge in [-0.1, -0.05) is 62.4 Å². The highest BCUT2D eigenvalue weighted by atomic mass is 16.6. The Morgan fingerprint density at radius 2 is 1.10 bits per heavy atom. The van der Waals surface area contributed by atoms with Crippen LogP contribution in [0.4, 0.5) is 0 Å². The molecule has 4 heteroatoms. The number of rotatable bonds is 14. The molecule has 2 saturated heterocycles. The second kappa shape index (κ2) is 10.7. The second-order valence-electron chi connectivity index (χ2n) is 9.29. The van der Waals surface area contributed by atoms with Gasteiger partial charge in [-0.15, -0.1) is 0 Å². The van der Waals surface area contributed by atoms with Gasteiger partial charge in [-0.05, 0) is 47.9 Å². The van der Waals surface area contributed by atoms with Crippen molar-refractivity contribution in [3.63, 3.8) is 0 Å². The largest absolute Gasteiger partial charge is 0.379 e. The summed E-state index contributed by atoms with van der Waals surface area (Å²) in [6.45, 7) is 9.44. The van der Waals surface area contributed by atoms with Crippen LogP contribution in [0.15, 0.2) is 48.5 Å². The predicted molar refractivity (Wildman–Crippen MR) is 123 cm³/mol. The molecule has 2 aromatic rings. The monoisotopic (exact) mass is 424 g/mol. The number of benzene rings is 2. The van der Waals surface area contributed by atoms with Gasteiger partial charge in [0.1, 0.15) is 12.2 Å². The molecule has 4 rings (SSSR count). The third-order valence-electron chi connectivity index (χ3n) is 6.27. The van der Waals surface area contributed by atoms with Crippen molar-refractivity contribution >= 4 is 0 Å². The van der Waals surface area contributed by atoms with E-state index in [0.29, 0.717) is 12.2 Å². The van der Waals surface area contributed by atoms with E-state index in [1.807, 2.05) is 0 Å². The van der Waals surface area contributed by atoms with E-state index in [4.69, 9.17) is 18.9 Å². The molecular weight excluding hydrogens is 388 g/mol. The molecule has 0 aromatic heterocycles. The van der Waals surface area contributed by atoms with Crippen LogP contribution in [0.2, 0.25) is 0 Å². The van der Waals surface area contributed by atoms with E-state index in [9.17, 15) is 0 Å². The normalized spacial score (nSPS) is 20.1. The van der Waals surface area contributed by atoms with Gasteiger partial charge >= 0.3 is 0 Å². The summed E-state index contributed by atoms with van der Waals surface area (Å²) in [5, 5.41) is 0. The molecule has 2 heterocycles. The maximum absolute atomic E-state index is 5.64. The average Bonchev–Trinajstić information content (AvgIpc) is 3.70. The fourth-order valence-corrected chi connectivity index (χ4v) is 3.86. The van der Waals surface area contributed by atoms with Gasteiger partial charge in [-0.3, -0.25) is 0 Å². The third-order valence-corrected chi connectivity index (χ3v) is 6.27. The molecule has 0 bridgehead atoms. The zero-order chi connectivity index (χ0) is 21.5. The van der Waals surface area contributed by atoms with Gasteiger partial charge in [0, 0.05) is 18.6 Å². The summed E-state index contributed by atoms with van der Waals surface area (Å²) in [7, 11) is 0. The Bertz CT molecular complexity index is 721. The topological polar surface area (TPSA) is 43.5 Å². The second-order valence-corrected chi connectivity index (χ2v) is 9.29. The number of ether oxygens (including phenoxy) is 4. The van der Waals surface area contributed by atoms with Crippen LogP contribution in [0.5, 0.6) is 0 Å². The first-order valence-electron chi connectivity index (χ1n) is 11.7. The van der Waals surface area contributed by atoms with Crippen molar-refractivity contribution in [2.24, 2.45) is 0 Å². The number of hydrogen-bond donors (Lipinski definition) is 0. The zero-order valence-corrected chi connectivity index (χ0v) is 19.0. The zero-order valence-electron chi connectivity index (χ0n) is 19.0. The standard InChI is InChI=1S/C27H36O4/c1-27(2,23-11-7-21(8-12-23)5-3-15-28-17-25-19-30-25)24-13-9-22(10-14-24)6-4-16-29-18-26-20-31-26/h7-14,25-26H,3-6,15-20H2,1-2H3. The molecule has 2 aromatic carbocycles. The van der Waals surface area contributed by atoms with E-state index in [1.54, 1.807) is 0 Å². The first-order chi connectivity index (χ1) is 15.1. The Kier molecular flexibility index (Phi) is 7.78.